The Bertz CT molecular complexity index is 932. The van der Waals surface area contributed by atoms with Crippen LogP contribution in [0.4, 0.5) is 0 Å². The Morgan fingerprint density at radius 3 is 2.20 bits per heavy atom. The van der Waals surface area contributed by atoms with Crippen LogP contribution in [-0.2, 0) is 16.4 Å². The zero-order valence-electron chi connectivity index (χ0n) is 17.4. The van der Waals surface area contributed by atoms with Gasteiger partial charge in [-0.1, -0.05) is 49.2 Å². The van der Waals surface area contributed by atoms with Crippen molar-refractivity contribution in [2.75, 3.05) is 26.2 Å². The SMILES string of the molecule is C=CCN(CCc1ccccc1)C(=O)c1ccc(S(=O)(=O)N2CCCCCC2)cc1. The van der Waals surface area contributed by atoms with E-state index in [1.807, 2.05) is 30.3 Å². The van der Waals surface area contributed by atoms with Crippen LogP contribution in [0.3, 0.4) is 0 Å². The molecular weight excluding hydrogens is 396 g/mol. The van der Waals surface area contributed by atoms with Crippen LogP contribution in [0.25, 0.3) is 0 Å². The number of nitrogens with zero attached hydrogens (tertiary/aromatic N) is 2. The highest BCUT2D eigenvalue weighted by molar-refractivity contribution is 7.89. The monoisotopic (exact) mass is 426 g/mol. The molecule has 1 fully saturated rings. The van der Waals surface area contributed by atoms with Crippen molar-refractivity contribution in [3.8, 4) is 0 Å². The first-order valence-corrected chi connectivity index (χ1v) is 12.0. The van der Waals surface area contributed by atoms with Crippen LogP contribution in [0, 0.1) is 0 Å². The van der Waals surface area contributed by atoms with E-state index in [0.29, 0.717) is 31.7 Å². The number of carbonyl (C=O) groups excluding carboxylic acids is 1. The average molecular weight is 427 g/mol. The third kappa shape index (κ3) is 5.58. The van der Waals surface area contributed by atoms with Gasteiger partial charge in [-0.2, -0.15) is 4.31 Å². The van der Waals surface area contributed by atoms with Gasteiger partial charge in [0.15, 0.2) is 0 Å². The first kappa shape index (κ1) is 22.2. The predicted octanol–water partition coefficient (Wildman–Crippen LogP) is 4.12. The van der Waals surface area contributed by atoms with Gasteiger partial charge in [-0.25, -0.2) is 8.42 Å². The second-order valence-electron chi connectivity index (χ2n) is 7.62. The Morgan fingerprint density at radius 2 is 1.60 bits per heavy atom. The number of hydrogen-bond acceptors (Lipinski definition) is 3. The molecule has 0 spiro atoms. The third-order valence-corrected chi connectivity index (χ3v) is 7.37. The van der Waals surface area contributed by atoms with E-state index in [9.17, 15) is 13.2 Å². The Morgan fingerprint density at radius 1 is 0.967 bits per heavy atom. The maximum Gasteiger partial charge on any atom is 0.254 e. The van der Waals surface area contributed by atoms with Crippen molar-refractivity contribution in [2.24, 2.45) is 0 Å². The summed E-state index contributed by atoms with van der Waals surface area (Å²) < 4.78 is 27.4. The van der Waals surface area contributed by atoms with Crippen LogP contribution in [0.2, 0.25) is 0 Å². The molecule has 3 rings (SSSR count). The van der Waals surface area contributed by atoms with Gasteiger partial charge in [0.2, 0.25) is 10.0 Å². The summed E-state index contributed by atoms with van der Waals surface area (Å²) in [4.78, 5) is 15.0. The fourth-order valence-electron chi connectivity index (χ4n) is 3.72. The fourth-order valence-corrected chi connectivity index (χ4v) is 5.24. The average Bonchev–Trinajstić information content (AvgIpc) is 3.07. The molecule has 0 radical (unpaired) electrons. The first-order chi connectivity index (χ1) is 14.5. The Labute approximate surface area is 180 Å². The van der Waals surface area contributed by atoms with Crippen molar-refractivity contribution in [1.29, 1.82) is 0 Å². The third-order valence-electron chi connectivity index (χ3n) is 5.45. The van der Waals surface area contributed by atoms with Gasteiger partial charge < -0.3 is 4.90 Å². The van der Waals surface area contributed by atoms with Crippen LogP contribution in [0.5, 0.6) is 0 Å². The molecule has 0 saturated carbocycles. The molecule has 1 aliphatic heterocycles. The van der Waals surface area contributed by atoms with Crippen molar-refractivity contribution in [3.63, 3.8) is 0 Å². The normalized spacial score (nSPS) is 15.3. The van der Waals surface area contributed by atoms with E-state index in [4.69, 9.17) is 0 Å². The predicted molar refractivity (Wildman–Crippen MR) is 120 cm³/mol. The summed E-state index contributed by atoms with van der Waals surface area (Å²) >= 11 is 0. The molecule has 6 heteroatoms. The van der Waals surface area contributed by atoms with E-state index in [1.54, 1.807) is 39.5 Å². The summed E-state index contributed by atoms with van der Waals surface area (Å²) in [6.45, 7) is 5.90. The van der Waals surface area contributed by atoms with E-state index >= 15 is 0 Å². The molecule has 30 heavy (non-hydrogen) atoms. The molecule has 0 unspecified atom stereocenters. The summed E-state index contributed by atoms with van der Waals surface area (Å²) in [6.07, 6.45) is 6.40. The summed E-state index contributed by atoms with van der Waals surface area (Å²) in [6, 6.07) is 16.4. The zero-order valence-corrected chi connectivity index (χ0v) is 18.2. The van der Waals surface area contributed by atoms with Gasteiger partial charge >= 0.3 is 0 Å². The number of sulfonamides is 1. The molecule has 0 atom stereocenters. The molecule has 0 N–H and O–H groups in total. The number of carbonyl (C=O) groups is 1. The summed E-state index contributed by atoms with van der Waals surface area (Å²) in [5.74, 6) is -0.121. The smallest absolute Gasteiger partial charge is 0.254 e. The highest BCUT2D eigenvalue weighted by Crippen LogP contribution is 2.21. The minimum Gasteiger partial charge on any atom is -0.335 e. The lowest BCUT2D eigenvalue weighted by Gasteiger charge is -2.22. The minimum absolute atomic E-state index is 0.121. The lowest BCUT2D eigenvalue weighted by Crippen LogP contribution is -2.33. The highest BCUT2D eigenvalue weighted by atomic mass is 32.2. The van der Waals surface area contributed by atoms with E-state index in [-0.39, 0.29) is 10.8 Å². The van der Waals surface area contributed by atoms with Crippen LogP contribution in [0.15, 0.2) is 72.1 Å². The van der Waals surface area contributed by atoms with Gasteiger partial charge in [-0.15, -0.1) is 6.58 Å². The standard InChI is InChI=1S/C24H30N2O3S/c1-2-17-25(20-16-21-10-6-5-7-11-21)24(27)22-12-14-23(15-13-22)30(28,29)26-18-8-3-4-9-19-26/h2,5-7,10-15H,1,3-4,8-9,16-20H2. The molecular formula is C24H30N2O3S. The maximum absolute atomic E-state index is 13.0. The van der Waals surface area contributed by atoms with Gasteiger partial charge in [0.1, 0.15) is 0 Å². The molecule has 1 heterocycles. The lowest BCUT2D eigenvalue weighted by atomic mass is 10.1. The van der Waals surface area contributed by atoms with Crippen molar-refractivity contribution in [3.05, 3.63) is 78.4 Å². The van der Waals surface area contributed by atoms with Gasteiger partial charge in [0.25, 0.3) is 5.91 Å². The fraction of sp³-hybridized carbons (Fsp3) is 0.375. The second kappa shape index (κ2) is 10.5. The molecule has 1 aliphatic rings. The molecule has 1 amide bonds. The van der Waals surface area contributed by atoms with Crippen LogP contribution in [-0.4, -0.2) is 49.7 Å². The van der Waals surface area contributed by atoms with Crippen LogP contribution < -0.4 is 0 Å². The number of amides is 1. The van der Waals surface area contributed by atoms with Gasteiger partial charge in [-0.3, -0.25) is 4.79 Å². The Hall–Kier alpha value is -2.44. The van der Waals surface area contributed by atoms with E-state index in [0.717, 1.165) is 32.1 Å². The quantitative estimate of drug-likeness (QED) is 0.597. The molecule has 1 saturated heterocycles. The molecule has 0 aliphatic carbocycles. The summed E-state index contributed by atoms with van der Waals surface area (Å²) in [5, 5.41) is 0. The molecule has 0 bridgehead atoms. The largest absolute Gasteiger partial charge is 0.335 e. The number of benzene rings is 2. The van der Waals surface area contributed by atoms with Gasteiger partial charge in [0, 0.05) is 31.7 Å². The highest BCUT2D eigenvalue weighted by Gasteiger charge is 2.25. The van der Waals surface area contributed by atoms with Crippen molar-refractivity contribution in [1.82, 2.24) is 9.21 Å². The van der Waals surface area contributed by atoms with Gasteiger partial charge in [-0.05, 0) is 49.1 Å². The Kier molecular flexibility index (Phi) is 7.82. The molecule has 2 aromatic carbocycles. The summed E-state index contributed by atoms with van der Waals surface area (Å²) in [7, 11) is -3.51. The van der Waals surface area contributed by atoms with Crippen LogP contribution >= 0.6 is 0 Å². The van der Waals surface area contributed by atoms with Crippen LogP contribution in [0.1, 0.15) is 41.6 Å². The maximum atomic E-state index is 13.0. The Balaban J connectivity index is 1.71. The van der Waals surface area contributed by atoms with E-state index < -0.39 is 10.0 Å². The van der Waals surface area contributed by atoms with Gasteiger partial charge in [0.05, 0.1) is 4.90 Å². The van der Waals surface area contributed by atoms with Crippen molar-refractivity contribution >= 4 is 15.9 Å². The number of hydrogen-bond donors (Lipinski definition) is 0. The zero-order chi connectivity index (χ0) is 21.4. The molecule has 2 aromatic rings. The first-order valence-electron chi connectivity index (χ1n) is 10.6. The molecule has 0 aromatic heterocycles. The minimum atomic E-state index is -3.51. The van der Waals surface area contributed by atoms with Crippen molar-refractivity contribution < 1.29 is 13.2 Å². The lowest BCUT2D eigenvalue weighted by molar-refractivity contribution is 0.0775. The summed E-state index contributed by atoms with van der Waals surface area (Å²) in [5.41, 5.74) is 1.65. The number of rotatable bonds is 8. The molecule has 5 nitrogen and oxygen atoms in total. The molecule has 160 valence electrons. The van der Waals surface area contributed by atoms with E-state index in [2.05, 4.69) is 6.58 Å². The van der Waals surface area contributed by atoms with Crippen molar-refractivity contribution in [2.45, 2.75) is 37.0 Å². The second-order valence-corrected chi connectivity index (χ2v) is 9.56. The topological polar surface area (TPSA) is 57.7 Å². The van der Waals surface area contributed by atoms with E-state index in [1.165, 1.54) is 5.56 Å².